The molecule has 6 heteroatoms. The predicted molar refractivity (Wildman–Crippen MR) is 116 cm³/mol. The molecule has 0 aliphatic rings. The van der Waals surface area contributed by atoms with Crippen LogP contribution < -0.4 is 14.8 Å². The maximum Gasteiger partial charge on any atom is 0.269 e. The number of carbonyl (C=O) groups is 1. The first-order valence-corrected chi connectivity index (χ1v) is 10.1. The van der Waals surface area contributed by atoms with E-state index in [1.165, 1.54) is 40.4 Å². The molecule has 2 aromatic carbocycles. The second-order valence-electron chi connectivity index (χ2n) is 6.87. The smallest absolute Gasteiger partial charge is 0.269 e. The van der Waals surface area contributed by atoms with E-state index in [4.69, 9.17) is 4.42 Å². The number of thiazole rings is 1. The minimum absolute atomic E-state index is 0.159. The van der Waals surface area contributed by atoms with Gasteiger partial charge in [-0.2, -0.15) is 0 Å². The summed E-state index contributed by atoms with van der Waals surface area (Å²) in [5, 5.41) is 0. The average molecular weight is 419 g/mol. The number of aromatic nitrogens is 1. The van der Waals surface area contributed by atoms with Gasteiger partial charge in [0.15, 0.2) is 5.76 Å². The van der Waals surface area contributed by atoms with E-state index < -0.39 is 0 Å². The second-order valence-corrected chi connectivity index (χ2v) is 7.93. The van der Waals surface area contributed by atoms with Gasteiger partial charge in [-0.25, -0.2) is 4.39 Å². The first kappa shape index (κ1) is 19.8. The van der Waals surface area contributed by atoms with E-state index in [1.54, 1.807) is 30.3 Å². The molecule has 0 atom stereocenters. The van der Waals surface area contributed by atoms with E-state index in [1.807, 2.05) is 31.2 Å². The molecule has 150 valence electrons. The molecule has 2 heterocycles. The SMILES string of the molecule is Cc1ccc(C=c2sc(=CC(=O)c3ccco3)n(Cc3cccc(F)c3)c2=O)cc1. The lowest BCUT2D eigenvalue weighted by atomic mass is 10.1. The molecule has 30 heavy (non-hydrogen) atoms. The summed E-state index contributed by atoms with van der Waals surface area (Å²) in [5.74, 6) is -0.521. The summed E-state index contributed by atoms with van der Waals surface area (Å²) < 4.78 is 21.2. The lowest BCUT2D eigenvalue weighted by molar-refractivity contribution is 0.103. The van der Waals surface area contributed by atoms with Crippen LogP contribution in [0.3, 0.4) is 0 Å². The zero-order valence-corrected chi connectivity index (χ0v) is 17.0. The molecular weight excluding hydrogens is 401 g/mol. The quantitative estimate of drug-likeness (QED) is 0.466. The number of aryl methyl sites for hydroxylation is 1. The highest BCUT2D eigenvalue weighted by Crippen LogP contribution is 2.06. The molecule has 0 unspecified atom stereocenters. The van der Waals surface area contributed by atoms with Crippen LogP contribution in [-0.2, 0) is 6.54 Å². The van der Waals surface area contributed by atoms with Crippen LogP contribution in [0.4, 0.5) is 4.39 Å². The Kier molecular flexibility index (Phi) is 5.59. The van der Waals surface area contributed by atoms with Crippen molar-refractivity contribution in [2.24, 2.45) is 0 Å². The summed E-state index contributed by atoms with van der Waals surface area (Å²) in [6, 6.07) is 17.1. The van der Waals surface area contributed by atoms with Crippen LogP contribution in [0.1, 0.15) is 27.2 Å². The van der Waals surface area contributed by atoms with E-state index >= 15 is 0 Å². The third kappa shape index (κ3) is 4.39. The number of halogens is 1. The molecule has 4 rings (SSSR count). The van der Waals surface area contributed by atoms with Crippen LogP contribution in [0, 0.1) is 12.7 Å². The molecule has 0 saturated carbocycles. The predicted octanol–water partition coefficient (Wildman–Crippen LogP) is 3.49. The summed E-state index contributed by atoms with van der Waals surface area (Å²) in [6.45, 7) is 2.15. The molecule has 0 amide bonds. The van der Waals surface area contributed by atoms with Crippen molar-refractivity contribution in [1.82, 2.24) is 4.57 Å². The van der Waals surface area contributed by atoms with E-state index in [0.717, 1.165) is 11.1 Å². The summed E-state index contributed by atoms with van der Waals surface area (Å²) in [4.78, 5) is 25.6. The van der Waals surface area contributed by atoms with E-state index in [9.17, 15) is 14.0 Å². The number of benzene rings is 2. The maximum absolute atomic E-state index is 13.6. The van der Waals surface area contributed by atoms with Crippen LogP contribution in [-0.4, -0.2) is 10.4 Å². The van der Waals surface area contributed by atoms with Crippen molar-refractivity contribution < 1.29 is 13.6 Å². The molecule has 0 fully saturated rings. The van der Waals surface area contributed by atoms with Crippen LogP contribution in [0.25, 0.3) is 12.2 Å². The van der Waals surface area contributed by atoms with Crippen LogP contribution >= 0.6 is 11.3 Å². The summed E-state index contributed by atoms with van der Waals surface area (Å²) in [6.07, 6.45) is 4.60. The summed E-state index contributed by atoms with van der Waals surface area (Å²) >= 11 is 1.22. The lowest BCUT2D eigenvalue weighted by Crippen LogP contribution is -2.32. The zero-order valence-electron chi connectivity index (χ0n) is 16.2. The van der Waals surface area contributed by atoms with Gasteiger partial charge >= 0.3 is 0 Å². The Morgan fingerprint density at radius 2 is 1.93 bits per heavy atom. The molecular formula is C24H18FNO3S. The number of hydrogen-bond acceptors (Lipinski definition) is 4. The van der Waals surface area contributed by atoms with Crippen molar-refractivity contribution in [2.45, 2.75) is 13.5 Å². The van der Waals surface area contributed by atoms with E-state index in [2.05, 4.69) is 0 Å². The number of nitrogens with zero attached hydrogens (tertiary/aromatic N) is 1. The topological polar surface area (TPSA) is 52.2 Å². The van der Waals surface area contributed by atoms with Gasteiger partial charge in [0.1, 0.15) is 10.5 Å². The average Bonchev–Trinajstić information content (AvgIpc) is 3.35. The highest BCUT2D eigenvalue weighted by Gasteiger charge is 2.10. The number of ketones is 1. The van der Waals surface area contributed by atoms with Gasteiger partial charge in [-0.05, 0) is 48.4 Å². The van der Waals surface area contributed by atoms with Gasteiger partial charge in [0.05, 0.1) is 17.3 Å². The normalized spacial score (nSPS) is 12.5. The minimum atomic E-state index is -0.376. The van der Waals surface area contributed by atoms with Crippen LogP contribution in [0.2, 0.25) is 0 Å². The van der Waals surface area contributed by atoms with Crippen molar-refractivity contribution in [3.05, 3.63) is 115 Å². The van der Waals surface area contributed by atoms with E-state index in [0.29, 0.717) is 14.8 Å². The van der Waals surface area contributed by atoms with Crippen molar-refractivity contribution in [1.29, 1.82) is 0 Å². The van der Waals surface area contributed by atoms with Gasteiger partial charge in [0.25, 0.3) is 5.56 Å². The van der Waals surface area contributed by atoms with E-state index in [-0.39, 0.29) is 29.5 Å². The Bertz CT molecular complexity index is 1360. The van der Waals surface area contributed by atoms with Gasteiger partial charge in [-0.15, -0.1) is 11.3 Å². The molecule has 4 nitrogen and oxygen atoms in total. The fourth-order valence-corrected chi connectivity index (χ4v) is 4.07. The number of furan rings is 1. The zero-order chi connectivity index (χ0) is 21.1. The molecule has 0 bridgehead atoms. The number of rotatable bonds is 5. The van der Waals surface area contributed by atoms with Gasteiger partial charge in [-0.1, -0.05) is 42.0 Å². The highest BCUT2D eigenvalue weighted by molar-refractivity contribution is 7.07. The highest BCUT2D eigenvalue weighted by atomic mass is 32.1. The Morgan fingerprint density at radius 1 is 1.13 bits per heavy atom. The molecule has 4 aromatic rings. The van der Waals surface area contributed by atoms with Crippen molar-refractivity contribution >= 4 is 29.3 Å². The van der Waals surface area contributed by atoms with Crippen molar-refractivity contribution in [3.8, 4) is 0 Å². The molecule has 2 aromatic heterocycles. The Balaban J connectivity index is 1.85. The fraction of sp³-hybridized carbons (Fsp3) is 0.0833. The largest absolute Gasteiger partial charge is 0.461 e. The summed E-state index contributed by atoms with van der Waals surface area (Å²) in [5.41, 5.74) is 2.42. The molecule has 0 aliphatic heterocycles. The third-order valence-corrected chi connectivity index (χ3v) is 5.62. The second kappa shape index (κ2) is 8.47. The van der Waals surface area contributed by atoms with Crippen LogP contribution in [0.15, 0.2) is 76.1 Å². The molecule has 0 N–H and O–H groups in total. The molecule has 0 aliphatic carbocycles. The van der Waals surface area contributed by atoms with Crippen molar-refractivity contribution in [3.63, 3.8) is 0 Å². The number of carbonyl (C=O) groups excluding carboxylic acids is 1. The van der Waals surface area contributed by atoms with Crippen LogP contribution in [0.5, 0.6) is 0 Å². The summed E-state index contributed by atoms with van der Waals surface area (Å²) in [7, 11) is 0. The monoisotopic (exact) mass is 419 g/mol. The molecule has 0 spiro atoms. The van der Waals surface area contributed by atoms with Gasteiger partial charge in [0, 0.05) is 6.08 Å². The van der Waals surface area contributed by atoms with Crippen molar-refractivity contribution in [2.75, 3.05) is 0 Å². The Morgan fingerprint density at radius 3 is 2.63 bits per heavy atom. The molecule has 0 radical (unpaired) electrons. The Hall–Kier alpha value is -3.51. The number of Topliss-reactive ketones (excluding diaryl/α,β-unsaturated/α-hetero) is 1. The molecule has 0 saturated heterocycles. The fourth-order valence-electron chi connectivity index (χ4n) is 3.03. The Labute approximate surface area is 175 Å². The maximum atomic E-state index is 13.6. The minimum Gasteiger partial charge on any atom is -0.461 e. The lowest BCUT2D eigenvalue weighted by Gasteiger charge is -2.03. The first-order chi connectivity index (χ1) is 14.5. The number of hydrogen-bond donors (Lipinski definition) is 0. The van der Waals surface area contributed by atoms with Gasteiger partial charge < -0.3 is 4.42 Å². The van der Waals surface area contributed by atoms with Gasteiger partial charge in [0.2, 0.25) is 5.78 Å². The standard InChI is InChI=1S/C24H18FNO3S/c1-16-7-9-17(10-8-16)13-22-24(28)26(15-18-4-2-5-19(25)12-18)23(30-22)14-20(27)21-6-3-11-29-21/h2-14H,15H2,1H3. The van der Waals surface area contributed by atoms with Gasteiger partial charge in [-0.3, -0.25) is 14.2 Å². The third-order valence-electron chi connectivity index (χ3n) is 4.56. The first-order valence-electron chi connectivity index (χ1n) is 9.32.